The lowest BCUT2D eigenvalue weighted by molar-refractivity contribution is -0.120. The monoisotopic (exact) mass is 253 g/mol. The molecule has 0 spiro atoms. The molecule has 0 bridgehead atoms. The molecule has 0 radical (unpaired) electrons. The fourth-order valence-corrected chi connectivity index (χ4v) is 2.05. The van der Waals surface area contributed by atoms with Gasteiger partial charge in [-0.15, -0.1) is 0 Å². The summed E-state index contributed by atoms with van der Waals surface area (Å²) in [6, 6.07) is 0. The van der Waals surface area contributed by atoms with Crippen molar-refractivity contribution in [3.05, 3.63) is 12.4 Å². The molecule has 18 heavy (non-hydrogen) atoms. The number of nitrogen functional groups attached to an aromatic ring is 1. The number of aliphatic hydroxyl groups is 1. The first-order valence-corrected chi connectivity index (χ1v) is 6.08. The van der Waals surface area contributed by atoms with E-state index in [1.165, 1.54) is 0 Å². The lowest BCUT2D eigenvalue weighted by atomic mass is 10.3. The van der Waals surface area contributed by atoms with E-state index in [9.17, 15) is 9.90 Å². The van der Waals surface area contributed by atoms with Crippen molar-refractivity contribution in [2.24, 2.45) is 0 Å². The number of nitrogens with two attached hydrogens (primary N) is 1. The fraction of sp³-hybridized carbons (Fsp3) is 0.636. The number of aromatic nitrogens is 2. The van der Waals surface area contributed by atoms with E-state index in [4.69, 9.17) is 5.73 Å². The zero-order valence-corrected chi connectivity index (χ0v) is 10.2. The maximum Gasteiger partial charge on any atom is 0.221 e. The topological polar surface area (TPSA) is 96.4 Å². The number of rotatable bonds is 4. The van der Waals surface area contributed by atoms with E-state index in [1.807, 2.05) is 0 Å². The second kappa shape index (κ2) is 5.83. The first kappa shape index (κ1) is 12.8. The summed E-state index contributed by atoms with van der Waals surface area (Å²) in [5, 5.41) is 16.8. The Morgan fingerprint density at radius 2 is 2.33 bits per heavy atom. The highest BCUT2D eigenvalue weighted by atomic mass is 16.3. The van der Waals surface area contributed by atoms with E-state index in [1.54, 1.807) is 17.1 Å². The van der Waals surface area contributed by atoms with Crippen LogP contribution in [0, 0.1) is 0 Å². The molecular weight excluding hydrogens is 234 g/mol. The summed E-state index contributed by atoms with van der Waals surface area (Å²) >= 11 is 0. The smallest absolute Gasteiger partial charge is 0.221 e. The van der Waals surface area contributed by atoms with Crippen LogP contribution < -0.4 is 11.1 Å². The predicted molar refractivity (Wildman–Crippen MR) is 66.7 cm³/mol. The van der Waals surface area contributed by atoms with Crippen molar-refractivity contribution >= 4 is 11.6 Å². The zero-order valence-electron chi connectivity index (χ0n) is 10.2. The number of nitrogens with zero attached hydrogens (tertiary/aromatic N) is 3. The minimum Gasteiger partial charge on any atom is -0.396 e. The van der Waals surface area contributed by atoms with Gasteiger partial charge in [-0.05, 0) is 0 Å². The Labute approximate surface area is 106 Å². The van der Waals surface area contributed by atoms with Crippen LogP contribution in [0.2, 0.25) is 0 Å². The van der Waals surface area contributed by atoms with E-state index >= 15 is 0 Å². The molecule has 1 aliphatic rings. The number of hydrogen-bond donors (Lipinski definition) is 3. The van der Waals surface area contributed by atoms with Gasteiger partial charge in [-0.2, -0.15) is 5.10 Å². The summed E-state index contributed by atoms with van der Waals surface area (Å²) in [7, 11) is 0. The first-order chi connectivity index (χ1) is 8.63. The van der Waals surface area contributed by atoms with E-state index in [0.29, 0.717) is 38.3 Å². The molecule has 7 nitrogen and oxygen atoms in total. The molecule has 0 aromatic carbocycles. The highest BCUT2D eigenvalue weighted by molar-refractivity contribution is 5.76. The number of aliphatic hydroxyl groups excluding tert-OH is 1. The quantitative estimate of drug-likeness (QED) is 0.616. The van der Waals surface area contributed by atoms with Gasteiger partial charge in [0, 0.05) is 38.8 Å². The number of nitrogens with one attached hydrogen (secondary N) is 1. The van der Waals surface area contributed by atoms with Gasteiger partial charge >= 0.3 is 0 Å². The fourth-order valence-electron chi connectivity index (χ4n) is 2.05. The van der Waals surface area contributed by atoms with Crippen LogP contribution in [0.5, 0.6) is 0 Å². The normalized spacial score (nSPS) is 19.3. The number of amides is 1. The van der Waals surface area contributed by atoms with Gasteiger partial charge in [-0.1, -0.05) is 0 Å². The Balaban J connectivity index is 1.79. The molecule has 7 heteroatoms. The Kier molecular flexibility index (Phi) is 4.16. The van der Waals surface area contributed by atoms with Crippen molar-refractivity contribution < 1.29 is 9.90 Å². The van der Waals surface area contributed by atoms with Gasteiger partial charge in [-0.25, -0.2) is 0 Å². The van der Waals surface area contributed by atoms with Crippen molar-refractivity contribution in [2.75, 3.05) is 31.9 Å². The Morgan fingerprint density at radius 3 is 3.06 bits per heavy atom. The first-order valence-electron chi connectivity index (χ1n) is 6.08. The van der Waals surface area contributed by atoms with E-state index in [2.05, 4.69) is 15.3 Å². The van der Waals surface area contributed by atoms with E-state index in [-0.39, 0.29) is 5.91 Å². The summed E-state index contributed by atoms with van der Waals surface area (Å²) in [4.78, 5) is 13.3. The summed E-state index contributed by atoms with van der Waals surface area (Å²) in [6.45, 7) is 3.04. The third-order valence-electron chi connectivity index (χ3n) is 2.93. The molecule has 2 heterocycles. The SMILES string of the molecule is Nc1cnn(CC(O)CN2CCNC(=O)CC2)c1. The highest BCUT2D eigenvalue weighted by Gasteiger charge is 2.16. The van der Waals surface area contributed by atoms with E-state index < -0.39 is 6.10 Å². The van der Waals surface area contributed by atoms with Crippen molar-refractivity contribution in [1.29, 1.82) is 0 Å². The molecule has 1 aromatic rings. The van der Waals surface area contributed by atoms with Crippen LogP contribution in [0.3, 0.4) is 0 Å². The minimum atomic E-state index is -0.516. The van der Waals surface area contributed by atoms with Crippen LogP contribution in [-0.4, -0.2) is 58.0 Å². The van der Waals surface area contributed by atoms with Gasteiger partial charge in [0.05, 0.1) is 24.5 Å². The summed E-state index contributed by atoms with van der Waals surface area (Å²) in [5.41, 5.74) is 6.14. The third-order valence-corrected chi connectivity index (χ3v) is 2.93. The van der Waals surface area contributed by atoms with Crippen LogP contribution in [0.1, 0.15) is 6.42 Å². The Morgan fingerprint density at radius 1 is 1.50 bits per heavy atom. The van der Waals surface area contributed by atoms with Crippen LogP contribution >= 0.6 is 0 Å². The molecule has 2 rings (SSSR count). The molecule has 0 aliphatic carbocycles. The summed E-state index contributed by atoms with van der Waals surface area (Å²) < 4.78 is 1.63. The highest BCUT2D eigenvalue weighted by Crippen LogP contribution is 2.02. The van der Waals surface area contributed by atoms with Gasteiger partial charge in [0.2, 0.25) is 5.91 Å². The van der Waals surface area contributed by atoms with Gasteiger partial charge in [0.1, 0.15) is 0 Å². The Bertz CT molecular complexity index is 406. The molecule has 1 atom stereocenters. The lowest BCUT2D eigenvalue weighted by Gasteiger charge is -2.22. The Hall–Kier alpha value is -1.60. The van der Waals surface area contributed by atoms with Crippen molar-refractivity contribution in [1.82, 2.24) is 20.0 Å². The molecular formula is C11H19N5O2. The van der Waals surface area contributed by atoms with Crippen molar-refractivity contribution in [2.45, 2.75) is 19.1 Å². The van der Waals surface area contributed by atoms with Crippen LogP contribution in [0.4, 0.5) is 5.69 Å². The van der Waals surface area contributed by atoms with Gasteiger partial charge in [0.15, 0.2) is 0 Å². The molecule has 1 amide bonds. The van der Waals surface area contributed by atoms with Gasteiger partial charge < -0.3 is 16.2 Å². The second-order valence-electron chi connectivity index (χ2n) is 4.55. The maximum atomic E-state index is 11.2. The van der Waals surface area contributed by atoms with Crippen molar-refractivity contribution in [3.63, 3.8) is 0 Å². The molecule has 0 saturated carbocycles. The number of carbonyl (C=O) groups excluding carboxylic acids is 1. The van der Waals surface area contributed by atoms with Gasteiger partial charge in [0.25, 0.3) is 0 Å². The number of carbonyl (C=O) groups is 1. The van der Waals surface area contributed by atoms with Crippen LogP contribution in [0.25, 0.3) is 0 Å². The molecule has 1 unspecified atom stereocenters. The number of anilines is 1. The van der Waals surface area contributed by atoms with Crippen molar-refractivity contribution in [3.8, 4) is 0 Å². The number of β-amino-alcohol motifs (C(OH)–C–C–N with tert-alkyl or cyclic N) is 1. The third kappa shape index (κ3) is 3.71. The summed E-state index contributed by atoms with van der Waals surface area (Å²) in [6.07, 6.45) is 3.22. The molecule has 4 N–H and O–H groups in total. The lowest BCUT2D eigenvalue weighted by Crippen LogP contribution is -2.37. The standard InChI is InChI=1S/C11H19N5O2/c12-9-5-14-16(6-9)8-10(17)7-15-3-1-11(18)13-2-4-15/h5-6,10,17H,1-4,7-8,12H2,(H,13,18). The summed E-state index contributed by atoms with van der Waals surface area (Å²) in [5.74, 6) is 0.0758. The van der Waals surface area contributed by atoms with E-state index in [0.717, 1.165) is 6.54 Å². The average Bonchev–Trinajstić information content (AvgIpc) is 2.59. The minimum absolute atomic E-state index is 0.0758. The molecule has 100 valence electrons. The van der Waals surface area contributed by atoms with Crippen LogP contribution in [-0.2, 0) is 11.3 Å². The zero-order chi connectivity index (χ0) is 13.0. The largest absolute Gasteiger partial charge is 0.396 e. The number of hydrogen-bond acceptors (Lipinski definition) is 5. The molecule has 1 aromatic heterocycles. The maximum absolute atomic E-state index is 11.2. The van der Waals surface area contributed by atoms with Gasteiger partial charge in [-0.3, -0.25) is 14.4 Å². The molecule has 1 saturated heterocycles. The predicted octanol–water partition coefficient (Wildman–Crippen LogP) is -1.35. The average molecular weight is 253 g/mol. The molecule has 1 aliphatic heterocycles. The molecule has 1 fully saturated rings. The second-order valence-corrected chi connectivity index (χ2v) is 4.55. The van der Waals surface area contributed by atoms with Crippen LogP contribution in [0.15, 0.2) is 12.4 Å².